The van der Waals surface area contributed by atoms with Crippen LogP contribution in [0.4, 0.5) is 0 Å². The van der Waals surface area contributed by atoms with Gasteiger partial charge >= 0.3 is 0 Å². The van der Waals surface area contributed by atoms with Crippen molar-refractivity contribution in [3.05, 3.63) is 41.4 Å². The van der Waals surface area contributed by atoms with E-state index in [1.165, 1.54) is 0 Å². The average Bonchev–Trinajstić information content (AvgIpc) is 3.45. The Labute approximate surface area is 157 Å². The second-order valence-electron chi connectivity index (χ2n) is 6.95. The van der Waals surface area contributed by atoms with Gasteiger partial charge in [0, 0.05) is 19.7 Å². The molecule has 2 aliphatic heterocycles. The van der Waals surface area contributed by atoms with Gasteiger partial charge in [-0.2, -0.15) is 0 Å². The largest absolute Gasteiger partial charge is 0.467 e. The Morgan fingerprint density at radius 3 is 2.93 bits per heavy atom. The van der Waals surface area contributed by atoms with Crippen LogP contribution in [0.25, 0.3) is 0 Å². The fraction of sp³-hybridized carbons (Fsp3) is 0.526. The molecule has 27 heavy (non-hydrogen) atoms. The summed E-state index contributed by atoms with van der Waals surface area (Å²) in [5, 5.41) is 5.72. The van der Waals surface area contributed by atoms with Crippen LogP contribution < -0.4 is 10.6 Å². The third-order valence-corrected chi connectivity index (χ3v) is 5.05. The molecule has 0 saturated carbocycles. The number of carbonyl (C=O) groups is 2. The van der Waals surface area contributed by atoms with Crippen LogP contribution in [0.5, 0.6) is 0 Å². The van der Waals surface area contributed by atoms with Crippen molar-refractivity contribution in [1.29, 1.82) is 0 Å². The Morgan fingerprint density at radius 1 is 1.22 bits per heavy atom. The van der Waals surface area contributed by atoms with Gasteiger partial charge in [0.2, 0.25) is 0 Å². The molecule has 8 heteroatoms. The number of imidazole rings is 1. The maximum atomic E-state index is 12.7. The summed E-state index contributed by atoms with van der Waals surface area (Å²) in [4.78, 5) is 29.7. The van der Waals surface area contributed by atoms with Gasteiger partial charge in [-0.05, 0) is 44.2 Å². The van der Waals surface area contributed by atoms with Crippen molar-refractivity contribution in [1.82, 2.24) is 20.2 Å². The number of carbonyl (C=O) groups excluding carboxylic acids is 2. The van der Waals surface area contributed by atoms with E-state index >= 15 is 0 Å². The standard InChI is InChI=1S/C19H24N4O4/c24-18(20-11-13-5-3-9-26-13)16-15-7-1-2-8-23(15)17(22-16)19(25)21-12-14-6-4-10-27-14/h3,5,9,14H,1-2,4,6-8,10-12H2,(H,20,24)(H,21,25). The summed E-state index contributed by atoms with van der Waals surface area (Å²) in [6.45, 7) is 2.22. The first-order valence-corrected chi connectivity index (χ1v) is 9.52. The van der Waals surface area contributed by atoms with E-state index in [4.69, 9.17) is 9.15 Å². The molecule has 0 spiro atoms. The predicted octanol–water partition coefficient (Wildman–Crippen LogP) is 1.65. The number of aromatic nitrogens is 2. The number of hydrogen-bond acceptors (Lipinski definition) is 5. The monoisotopic (exact) mass is 372 g/mol. The quantitative estimate of drug-likeness (QED) is 0.803. The molecule has 0 bridgehead atoms. The van der Waals surface area contributed by atoms with Crippen molar-refractivity contribution in [3.63, 3.8) is 0 Å². The molecular weight excluding hydrogens is 348 g/mol. The summed E-state index contributed by atoms with van der Waals surface area (Å²) in [6.07, 6.45) is 6.33. The van der Waals surface area contributed by atoms with Gasteiger partial charge in [-0.25, -0.2) is 4.98 Å². The molecule has 0 aliphatic carbocycles. The van der Waals surface area contributed by atoms with E-state index in [2.05, 4.69) is 15.6 Å². The zero-order valence-corrected chi connectivity index (χ0v) is 15.2. The number of furan rings is 1. The minimum absolute atomic E-state index is 0.0702. The lowest BCUT2D eigenvalue weighted by atomic mass is 10.1. The molecule has 1 saturated heterocycles. The van der Waals surface area contributed by atoms with Gasteiger partial charge in [0.15, 0.2) is 5.82 Å². The van der Waals surface area contributed by atoms with Crippen molar-refractivity contribution < 1.29 is 18.7 Å². The molecule has 1 atom stereocenters. The van der Waals surface area contributed by atoms with Gasteiger partial charge in [0.1, 0.15) is 11.5 Å². The van der Waals surface area contributed by atoms with E-state index in [9.17, 15) is 9.59 Å². The highest BCUT2D eigenvalue weighted by Gasteiger charge is 2.28. The third kappa shape index (κ3) is 3.90. The van der Waals surface area contributed by atoms with Gasteiger partial charge in [-0.3, -0.25) is 9.59 Å². The predicted molar refractivity (Wildman–Crippen MR) is 96.4 cm³/mol. The van der Waals surface area contributed by atoms with Crippen LogP contribution in [0.3, 0.4) is 0 Å². The number of rotatable bonds is 6. The number of hydrogen-bond donors (Lipinski definition) is 2. The average molecular weight is 372 g/mol. The van der Waals surface area contributed by atoms with Crippen LogP contribution >= 0.6 is 0 Å². The molecule has 2 aromatic rings. The molecule has 1 fully saturated rings. The Bertz CT molecular complexity index is 806. The highest BCUT2D eigenvalue weighted by Crippen LogP contribution is 2.21. The first-order valence-electron chi connectivity index (χ1n) is 9.52. The van der Waals surface area contributed by atoms with Gasteiger partial charge in [0.05, 0.1) is 24.6 Å². The molecule has 144 valence electrons. The second kappa shape index (κ2) is 7.96. The van der Waals surface area contributed by atoms with Gasteiger partial charge in [0.25, 0.3) is 11.8 Å². The fourth-order valence-electron chi connectivity index (χ4n) is 3.65. The molecule has 2 aliphatic rings. The zero-order chi connectivity index (χ0) is 18.6. The van der Waals surface area contributed by atoms with E-state index in [0.29, 0.717) is 36.9 Å². The van der Waals surface area contributed by atoms with Crippen LogP contribution in [-0.2, 0) is 24.2 Å². The van der Waals surface area contributed by atoms with E-state index in [1.807, 2.05) is 4.57 Å². The van der Waals surface area contributed by atoms with Gasteiger partial charge in [-0.15, -0.1) is 0 Å². The van der Waals surface area contributed by atoms with E-state index in [-0.39, 0.29) is 17.9 Å². The maximum Gasteiger partial charge on any atom is 0.287 e. The minimum atomic E-state index is -0.282. The Balaban J connectivity index is 1.48. The Morgan fingerprint density at radius 2 is 2.15 bits per heavy atom. The van der Waals surface area contributed by atoms with Crippen LogP contribution in [0.15, 0.2) is 22.8 Å². The van der Waals surface area contributed by atoms with E-state index in [0.717, 1.165) is 44.4 Å². The summed E-state index contributed by atoms with van der Waals surface area (Å²) >= 11 is 0. The lowest BCUT2D eigenvalue weighted by Gasteiger charge is -2.17. The second-order valence-corrected chi connectivity index (χ2v) is 6.95. The van der Waals surface area contributed by atoms with Crippen LogP contribution in [0.2, 0.25) is 0 Å². The Kier molecular flexibility index (Phi) is 5.24. The molecule has 4 rings (SSSR count). The maximum absolute atomic E-state index is 12.7. The first-order chi connectivity index (χ1) is 13.2. The zero-order valence-electron chi connectivity index (χ0n) is 15.2. The van der Waals surface area contributed by atoms with Crippen molar-refractivity contribution in [2.24, 2.45) is 0 Å². The van der Waals surface area contributed by atoms with Crippen molar-refractivity contribution in [2.45, 2.75) is 51.3 Å². The lowest BCUT2D eigenvalue weighted by molar-refractivity contribution is 0.0845. The van der Waals surface area contributed by atoms with Crippen molar-refractivity contribution >= 4 is 11.8 Å². The number of amides is 2. The summed E-state index contributed by atoms with van der Waals surface area (Å²) < 4.78 is 12.7. The minimum Gasteiger partial charge on any atom is -0.467 e. The number of nitrogens with zero attached hydrogens (tertiary/aromatic N) is 2. The number of ether oxygens (including phenoxy) is 1. The van der Waals surface area contributed by atoms with E-state index < -0.39 is 0 Å². The molecule has 4 heterocycles. The van der Waals surface area contributed by atoms with Crippen LogP contribution in [0, 0.1) is 0 Å². The van der Waals surface area contributed by atoms with E-state index in [1.54, 1.807) is 18.4 Å². The third-order valence-electron chi connectivity index (χ3n) is 5.05. The fourth-order valence-corrected chi connectivity index (χ4v) is 3.65. The SMILES string of the molecule is O=C(NCc1ccco1)c1nc(C(=O)NCC2CCCO2)n2c1CCCC2. The summed E-state index contributed by atoms with van der Waals surface area (Å²) in [5.41, 5.74) is 1.17. The summed E-state index contributed by atoms with van der Waals surface area (Å²) in [7, 11) is 0. The lowest BCUT2D eigenvalue weighted by Crippen LogP contribution is -2.34. The molecule has 2 aromatic heterocycles. The highest BCUT2D eigenvalue weighted by atomic mass is 16.5. The number of nitrogens with one attached hydrogen (secondary N) is 2. The molecule has 2 N–H and O–H groups in total. The first kappa shape index (κ1) is 17.8. The Hall–Kier alpha value is -2.61. The van der Waals surface area contributed by atoms with Crippen molar-refractivity contribution in [2.75, 3.05) is 13.2 Å². The molecule has 0 aromatic carbocycles. The van der Waals surface area contributed by atoms with Gasteiger partial charge < -0.3 is 24.4 Å². The molecule has 1 unspecified atom stereocenters. The topological polar surface area (TPSA) is 98.4 Å². The molecule has 0 radical (unpaired) electrons. The molecular formula is C19H24N4O4. The summed E-state index contributed by atoms with van der Waals surface area (Å²) in [6, 6.07) is 3.57. The van der Waals surface area contributed by atoms with Crippen LogP contribution in [-0.4, -0.2) is 40.6 Å². The van der Waals surface area contributed by atoms with Crippen molar-refractivity contribution in [3.8, 4) is 0 Å². The van der Waals surface area contributed by atoms with Gasteiger partial charge in [-0.1, -0.05) is 0 Å². The van der Waals surface area contributed by atoms with Crippen LogP contribution in [0.1, 0.15) is 58.2 Å². The summed E-state index contributed by atoms with van der Waals surface area (Å²) in [5.74, 6) is 0.450. The highest BCUT2D eigenvalue weighted by molar-refractivity contribution is 5.97. The molecule has 8 nitrogen and oxygen atoms in total. The number of fused-ring (bicyclic) bond motifs is 1. The smallest absolute Gasteiger partial charge is 0.287 e. The molecule has 2 amide bonds. The normalized spacial score (nSPS) is 18.9.